The minimum Gasteiger partial charge on any atom is -0.495 e. The summed E-state index contributed by atoms with van der Waals surface area (Å²) in [6.07, 6.45) is 1.94. The van der Waals surface area contributed by atoms with Crippen molar-refractivity contribution in [2.75, 3.05) is 7.11 Å². The van der Waals surface area contributed by atoms with E-state index in [-0.39, 0.29) is 18.3 Å². The Morgan fingerprint density at radius 3 is 2.35 bits per heavy atom. The molecule has 3 rings (SSSR count). The summed E-state index contributed by atoms with van der Waals surface area (Å²) in [4.78, 5) is 3.25. The first kappa shape index (κ1) is 13.5. The molecule has 0 atom stereocenters. The van der Waals surface area contributed by atoms with E-state index in [0.29, 0.717) is 0 Å². The van der Waals surface area contributed by atoms with Crippen LogP contribution in [0.3, 0.4) is 0 Å². The molecular formula is C15H20BNO3. The number of para-hydroxylation sites is 1. The lowest BCUT2D eigenvalue weighted by Crippen LogP contribution is -2.41. The fourth-order valence-corrected chi connectivity index (χ4v) is 2.48. The van der Waals surface area contributed by atoms with Gasteiger partial charge in [0.05, 0.1) is 23.8 Å². The highest BCUT2D eigenvalue weighted by Crippen LogP contribution is 2.37. The number of ether oxygens (including phenoxy) is 1. The monoisotopic (exact) mass is 273 g/mol. The Morgan fingerprint density at radius 1 is 1.10 bits per heavy atom. The van der Waals surface area contributed by atoms with Gasteiger partial charge in [0.1, 0.15) is 5.75 Å². The van der Waals surface area contributed by atoms with Gasteiger partial charge in [-0.25, -0.2) is 0 Å². The largest absolute Gasteiger partial charge is 0.497 e. The Bertz CT molecular complexity index is 632. The molecule has 0 saturated carbocycles. The second kappa shape index (κ2) is 4.27. The average Bonchev–Trinajstić information content (AvgIpc) is 2.88. The van der Waals surface area contributed by atoms with Gasteiger partial charge in [0, 0.05) is 17.0 Å². The molecular weight excluding hydrogens is 253 g/mol. The summed E-state index contributed by atoms with van der Waals surface area (Å²) in [5.41, 5.74) is 1.32. The zero-order valence-electron chi connectivity index (χ0n) is 12.6. The maximum Gasteiger partial charge on any atom is 0.497 e. The van der Waals surface area contributed by atoms with Crippen LogP contribution in [-0.2, 0) is 9.31 Å². The number of methoxy groups -OCH3 is 1. The predicted octanol–water partition coefficient (Wildman–Crippen LogP) is 2.48. The fraction of sp³-hybridized carbons (Fsp3) is 0.467. The highest BCUT2D eigenvalue weighted by molar-refractivity contribution is 6.65. The summed E-state index contributed by atoms with van der Waals surface area (Å²) in [6.45, 7) is 8.23. The quantitative estimate of drug-likeness (QED) is 0.855. The summed E-state index contributed by atoms with van der Waals surface area (Å²) in [7, 11) is 1.31. The molecule has 0 bridgehead atoms. The first-order chi connectivity index (χ1) is 9.36. The Morgan fingerprint density at radius 2 is 1.75 bits per heavy atom. The molecule has 0 aliphatic carbocycles. The molecule has 20 heavy (non-hydrogen) atoms. The van der Waals surface area contributed by atoms with Crippen molar-refractivity contribution < 1.29 is 14.0 Å². The lowest BCUT2D eigenvalue weighted by molar-refractivity contribution is 0.00578. The summed E-state index contributed by atoms with van der Waals surface area (Å²) >= 11 is 0. The second-order valence-electron chi connectivity index (χ2n) is 6.22. The standard InChI is InChI=1S/C15H20BNO3/c1-14(2)15(3,4)20-16(19-14)11-9-17-13-10(11)7-6-8-12(13)18-5/h6-9,17H,1-5H3. The van der Waals surface area contributed by atoms with E-state index in [0.717, 1.165) is 22.1 Å². The van der Waals surface area contributed by atoms with Crippen molar-refractivity contribution in [1.82, 2.24) is 4.98 Å². The van der Waals surface area contributed by atoms with Crippen LogP contribution in [0.5, 0.6) is 5.75 Å². The van der Waals surface area contributed by atoms with E-state index in [1.165, 1.54) is 0 Å². The first-order valence-corrected chi connectivity index (χ1v) is 6.85. The van der Waals surface area contributed by atoms with Crippen LogP contribution < -0.4 is 10.2 Å². The molecule has 106 valence electrons. The van der Waals surface area contributed by atoms with E-state index in [9.17, 15) is 0 Å². The lowest BCUT2D eigenvalue weighted by Gasteiger charge is -2.32. The Hall–Kier alpha value is -1.46. The Labute approximate surface area is 119 Å². The van der Waals surface area contributed by atoms with Gasteiger partial charge in [-0.1, -0.05) is 12.1 Å². The van der Waals surface area contributed by atoms with Gasteiger partial charge in [-0.2, -0.15) is 0 Å². The number of aromatic nitrogens is 1. The van der Waals surface area contributed by atoms with Gasteiger partial charge in [0.2, 0.25) is 0 Å². The molecule has 0 radical (unpaired) electrons. The number of hydrogen-bond donors (Lipinski definition) is 1. The zero-order chi connectivity index (χ0) is 14.5. The topological polar surface area (TPSA) is 43.5 Å². The van der Waals surface area contributed by atoms with E-state index in [4.69, 9.17) is 14.0 Å². The summed E-state index contributed by atoms with van der Waals surface area (Å²) in [6, 6.07) is 5.96. The van der Waals surface area contributed by atoms with Crippen LogP contribution in [-0.4, -0.2) is 30.4 Å². The summed E-state index contributed by atoms with van der Waals surface area (Å²) in [5.74, 6) is 0.824. The van der Waals surface area contributed by atoms with E-state index in [2.05, 4.69) is 38.7 Å². The molecule has 4 nitrogen and oxygen atoms in total. The van der Waals surface area contributed by atoms with E-state index >= 15 is 0 Å². The van der Waals surface area contributed by atoms with Gasteiger partial charge in [-0.05, 0) is 33.8 Å². The molecule has 1 saturated heterocycles. The molecule has 1 N–H and O–H groups in total. The molecule has 0 amide bonds. The van der Waals surface area contributed by atoms with Crippen LogP contribution in [0.2, 0.25) is 0 Å². The molecule has 1 aliphatic rings. The van der Waals surface area contributed by atoms with Crippen LogP contribution in [0.25, 0.3) is 10.9 Å². The second-order valence-corrected chi connectivity index (χ2v) is 6.22. The molecule has 5 heteroatoms. The number of benzene rings is 1. The van der Waals surface area contributed by atoms with Gasteiger partial charge in [-0.3, -0.25) is 0 Å². The molecule has 1 aromatic carbocycles. The van der Waals surface area contributed by atoms with Crippen molar-refractivity contribution in [1.29, 1.82) is 0 Å². The van der Waals surface area contributed by atoms with Gasteiger partial charge in [0.15, 0.2) is 0 Å². The molecule has 2 heterocycles. The van der Waals surface area contributed by atoms with Gasteiger partial charge in [0.25, 0.3) is 0 Å². The maximum absolute atomic E-state index is 6.11. The third kappa shape index (κ3) is 1.85. The number of H-pyrrole nitrogens is 1. The third-order valence-electron chi connectivity index (χ3n) is 4.44. The Balaban J connectivity index is 2.05. The number of nitrogens with one attached hydrogen (secondary N) is 1. The predicted molar refractivity (Wildman–Crippen MR) is 80.6 cm³/mol. The summed E-state index contributed by atoms with van der Waals surface area (Å²) in [5, 5.41) is 1.07. The van der Waals surface area contributed by atoms with Crippen molar-refractivity contribution >= 4 is 23.5 Å². The van der Waals surface area contributed by atoms with Gasteiger partial charge < -0.3 is 19.0 Å². The Kier molecular flexibility index (Phi) is 2.89. The number of rotatable bonds is 2. The zero-order valence-corrected chi connectivity index (χ0v) is 12.6. The highest BCUT2D eigenvalue weighted by atomic mass is 16.7. The first-order valence-electron chi connectivity index (χ1n) is 6.85. The molecule has 1 fully saturated rings. The normalized spacial score (nSPS) is 20.6. The van der Waals surface area contributed by atoms with Crippen LogP contribution in [0.4, 0.5) is 0 Å². The van der Waals surface area contributed by atoms with Crippen molar-refractivity contribution in [3.8, 4) is 5.75 Å². The maximum atomic E-state index is 6.11. The van der Waals surface area contributed by atoms with E-state index in [1.807, 2.05) is 18.3 Å². The van der Waals surface area contributed by atoms with Crippen LogP contribution in [0, 0.1) is 0 Å². The van der Waals surface area contributed by atoms with Crippen molar-refractivity contribution in [2.24, 2.45) is 0 Å². The number of aromatic amines is 1. The van der Waals surface area contributed by atoms with Gasteiger partial charge >= 0.3 is 7.12 Å². The minimum absolute atomic E-state index is 0.333. The number of fused-ring (bicyclic) bond motifs is 1. The van der Waals surface area contributed by atoms with Gasteiger partial charge in [-0.15, -0.1) is 0 Å². The van der Waals surface area contributed by atoms with Crippen molar-refractivity contribution in [3.63, 3.8) is 0 Å². The lowest BCUT2D eigenvalue weighted by atomic mass is 9.79. The third-order valence-corrected chi connectivity index (χ3v) is 4.44. The van der Waals surface area contributed by atoms with E-state index < -0.39 is 0 Å². The van der Waals surface area contributed by atoms with Crippen LogP contribution in [0.1, 0.15) is 27.7 Å². The fourth-order valence-electron chi connectivity index (χ4n) is 2.48. The van der Waals surface area contributed by atoms with Crippen molar-refractivity contribution in [2.45, 2.75) is 38.9 Å². The number of hydrogen-bond acceptors (Lipinski definition) is 3. The molecule has 0 spiro atoms. The van der Waals surface area contributed by atoms with Crippen LogP contribution in [0.15, 0.2) is 24.4 Å². The van der Waals surface area contributed by atoms with Crippen LogP contribution >= 0.6 is 0 Å². The van der Waals surface area contributed by atoms with E-state index in [1.54, 1.807) is 7.11 Å². The summed E-state index contributed by atoms with van der Waals surface area (Å²) < 4.78 is 17.6. The highest BCUT2D eigenvalue weighted by Gasteiger charge is 2.52. The molecule has 1 aromatic heterocycles. The molecule has 2 aromatic rings. The minimum atomic E-state index is -0.360. The smallest absolute Gasteiger partial charge is 0.495 e. The van der Waals surface area contributed by atoms with Crippen molar-refractivity contribution in [3.05, 3.63) is 24.4 Å². The molecule has 1 aliphatic heterocycles. The molecule has 0 unspecified atom stereocenters. The SMILES string of the molecule is COc1cccc2c(B3OC(C)(C)C(C)(C)O3)c[nH]c12. The average molecular weight is 273 g/mol.